The van der Waals surface area contributed by atoms with Crippen molar-refractivity contribution in [2.75, 3.05) is 11.9 Å². The molecule has 8 heteroatoms. The molecule has 3 N–H and O–H groups in total. The Morgan fingerprint density at radius 2 is 2.09 bits per heavy atom. The molecule has 0 bridgehead atoms. The molecule has 1 aromatic carbocycles. The lowest BCUT2D eigenvalue weighted by molar-refractivity contribution is -0.384. The summed E-state index contributed by atoms with van der Waals surface area (Å²) in [4.78, 5) is 10.2. The highest BCUT2D eigenvalue weighted by Gasteiger charge is 2.18. The number of rotatable bonds is 6. The SMILES string of the molecule is NS(=O)(=O)c1ccc(NCCC2=CCCCC2)c([N+](=O)[O-])c1. The Bertz CT molecular complexity index is 698. The van der Waals surface area contributed by atoms with E-state index in [0.717, 1.165) is 25.3 Å². The molecule has 120 valence electrons. The van der Waals surface area contributed by atoms with Crippen LogP contribution in [0.5, 0.6) is 0 Å². The van der Waals surface area contributed by atoms with E-state index in [2.05, 4.69) is 11.4 Å². The van der Waals surface area contributed by atoms with Crippen LogP contribution in [0.4, 0.5) is 11.4 Å². The Labute approximate surface area is 129 Å². The second-order valence-corrected chi connectivity index (χ2v) is 6.83. The van der Waals surface area contributed by atoms with E-state index < -0.39 is 14.9 Å². The molecule has 0 radical (unpaired) electrons. The Morgan fingerprint density at radius 1 is 1.32 bits per heavy atom. The average molecular weight is 325 g/mol. The maximum absolute atomic E-state index is 11.3. The van der Waals surface area contributed by atoms with Crippen molar-refractivity contribution in [2.24, 2.45) is 5.14 Å². The summed E-state index contributed by atoms with van der Waals surface area (Å²) < 4.78 is 22.5. The second kappa shape index (κ2) is 6.89. The van der Waals surface area contributed by atoms with E-state index in [1.165, 1.54) is 30.5 Å². The van der Waals surface area contributed by atoms with Crippen LogP contribution in [0.2, 0.25) is 0 Å². The summed E-state index contributed by atoms with van der Waals surface area (Å²) in [5, 5.41) is 19.1. The molecule has 7 nitrogen and oxygen atoms in total. The average Bonchev–Trinajstić information content (AvgIpc) is 2.47. The van der Waals surface area contributed by atoms with Crippen molar-refractivity contribution in [2.45, 2.75) is 37.0 Å². The number of sulfonamides is 1. The molecule has 0 fully saturated rings. The van der Waals surface area contributed by atoms with Crippen LogP contribution in [0.3, 0.4) is 0 Å². The van der Waals surface area contributed by atoms with E-state index >= 15 is 0 Å². The summed E-state index contributed by atoms with van der Waals surface area (Å²) in [6.07, 6.45) is 7.64. The number of hydrogen-bond donors (Lipinski definition) is 2. The van der Waals surface area contributed by atoms with Crippen LogP contribution in [-0.2, 0) is 10.0 Å². The molecular weight excluding hydrogens is 306 g/mol. The minimum absolute atomic E-state index is 0.264. The van der Waals surface area contributed by atoms with Crippen LogP contribution in [0, 0.1) is 10.1 Å². The highest BCUT2D eigenvalue weighted by Crippen LogP contribution is 2.27. The molecule has 0 saturated carbocycles. The molecule has 1 aromatic rings. The third kappa shape index (κ3) is 4.28. The Hall–Kier alpha value is -1.93. The first-order chi connectivity index (χ1) is 10.4. The van der Waals surface area contributed by atoms with Crippen molar-refractivity contribution in [3.63, 3.8) is 0 Å². The van der Waals surface area contributed by atoms with Gasteiger partial charge in [0.1, 0.15) is 5.69 Å². The second-order valence-electron chi connectivity index (χ2n) is 5.27. The van der Waals surface area contributed by atoms with Gasteiger partial charge in [0.25, 0.3) is 5.69 Å². The maximum atomic E-state index is 11.3. The summed E-state index contributed by atoms with van der Waals surface area (Å²) in [6, 6.07) is 3.63. The molecule has 0 atom stereocenters. The molecule has 0 aliphatic heterocycles. The predicted octanol–water partition coefficient (Wildman–Crippen LogP) is 2.54. The smallest absolute Gasteiger partial charge is 0.293 e. The lowest BCUT2D eigenvalue weighted by atomic mass is 9.97. The lowest BCUT2D eigenvalue weighted by Crippen LogP contribution is -2.13. The van der Waals surface area contributed by atoms with Crippen molar-refractivity contribution in [1.82, 2.24) is 0 Å². The van der Waals surface area contributed by atoms with Gasteiger partial charge in [-0.3, -0.25) is 10.1 Å². The van der Waals surface area contributed by atoms with Gasteiger partial charge < -0.3 is 5.32 Å². The van der Waals surface area contributed by atoms with Gasteiger partial charge in [-0.1, -0.05) is 11.6 Å². The number of nitro groups is 1. The zero-order valence-electron chi connectivity index (χ0n) is 12.1. The van der Waals surface area contributed by atoms with Gasteiger partial charge >= 0.3 is 0 Å². The van der Waals surface area contributed by atoms with E-state index in [-0.39, 0.29) is 10.6 Å². The molecule has 0 unspecified atom stereocenters. The van der Waals surface area contributed by atoms with Crippen LogP contribution in [-0.4, -0.2) is 19.9 Å². The van der Waals surface area contributed by atoms with Crippen LogP contribution in [0.15, 0.2) is 34.7 Å². The number of nitrogens with zero attached hydrogens (tertiary/aromatic N) is 1. The highest BCUT2D eigenvalue weighted by molar-refractivity contribution is 7.89. The van der Waals surface area contributed by atoms with E-state index in [4.69, 9.17) is 5.14 Å². The number of hydrogen-bond acceptors (Lipinski definition) is 5. The van der Waals surface area contributed by atoms with Gasteiger partial charge in [0.05, 0.1) is 9.82 Å². The van der Waals surface area contributed by atoms with E-state index in [1.54, 1.807) is 0 Å². The van der Waals surface area contributed by atoms with Crippen molar-refractivity contribution < 1.29 is 13.3 Å². The van der Waals surface area contributed by atoms with Crippen LogP contribution in [0.25, 0.3) is 0 Å². The summed E-state index contributed by atoms with van der Waals surface area (Å²) in [6.45, 7) is 0.571. The first-order valence-corrected chi connectivity index (χ1v) is 8.65. The normalized spacial score (nSPS) is 15.2. The number of benzene rings is 1. The first kappa shape index (κ1) is 16.4. The summed E-state index contributed by atoms with van der Waals surface area (Å²) in [5.74, 6) is 0. The van der Waals surface area contributed by atoms with Gasteiger partial charge in [-0.25, -0.2) is 13.6 Å². The van der Waals surface area contributed by atoms with Crippen molar-refractivity contribution in [3.05, 3.63) is 40.0 Å². The Kier molecular flexibility index (Phi) is 5.15. The maximum Gasteiger partial charge on any atom is 0.293 e. The van der Waals surface area contributed by atoms with Crippen LogP contribution >= 0.6 is 0 Å². The van der Waals surface area contributed by atoms with Crippen molar-refractivity contribution >= 4 is 21.4 Å². The number of nitrogens with one attached hydrogen (secondary N) is 1. The van der Waals surface area contributed by atoms with Crippen LogP contribution < -0.4 is 10.5 Å². The van der Waals surface area contributed by atoms with Gasteiger partial charge in [-0.2, -0.15) is 0 Å². The molecule has 2 rings (SSSR count). The fourth-order valence-electron chi connectivity index (χ4n) is 2.48. The molecule has 0 saturated heterocycles. The molecule has 0 amide bonds. The van der Waals surface area contributed by atoms with Gasteiger partial charge in [0.15, 0.2) is 0 Å². The quantitative estimate of drug-likeness (QED) is 0.474. The molecule has 0 spiro atoms. The number of allylic oxidation sites excluding steroid dienone is 1. The minimum atomic E-state index is -3.95. The lowest BCUT2D eigenvalue weighted by Gasteiger charge is -2.13. The monoisotopic (exact) mass is 325 g/mol. The molecule has 1 aliphatic rings. The van der Waals surface area contributed by atoms with E-state index in [0.29, 0.717) is 12.2 Å². The molecule has 0 aromatic heterocycles. The number of anilines is 1. The van der Waals surface area contributed by atoms with E-state index in [1.807, 2.05) is 0 Å². The largest absolute Gasteiger partial charge is 0.379 e. The fraction of sp³-hybridized carbons (Fsp3) is 0.429. The minimum Gasteiger partial charge on any atom is -0.379 e. The van der Waals surface area contributed by atoms with Gasteiger partial charge in [0, 0.05) is 12.6 Å². The fourth-order valence-corrected chi connectivity index (χ4v) is 3.01. The first-order valence-electron chi connectivity index (χ1n) is 7.11. The predicted molar refractivity (Wildman–Crippen MR) is 84.1 cm³/mol. The van der Waals surface area contributed by atoms with Crippen molar-refractivity contribution in [1.29, 1.82) is 0 Å². The summed E-state index contributed by atoms with van der Waals surface area (Å²) in [7, 11) is -3.95. The third-order valence-corrected chi connectivity index (χ3v) is 4.55. The van der Waals surface area contributed by atoms with Gasteiger partial charge in [0.2, 0.25) is 10.0 Å². The zero-order chi connectivity index (χ0) is 16.2. The Balaban J connectivity index is 2.09. The van der Waals surface area contributed by atoms with Gasteiger partial charge in [-0.05, 0) is 44.2 Å². The zero-order valence-corrected chi connectivity index (χ0v) is 12.9. The molecule has 0 heterocycles. The standard InChI is InChI=1S/C14H19N3O4S/c15-22(20,21)12-6-7-13(14(10-12)17(18)19)16-9-8-11-4-2-1-3-5-11/h4,6-7,10,16H,1-3,5,8-9H2,(H2,15,20,21). The highest BCUT2D eigenvalue weighted by atomic mass is 32.2. The van der Waals surface area contributed by atoms with Crippen LogP contribution in [0.1, 0.15) is 32.1 Å². The van der Waals surface area contributed by atoms with Crippen molar-refractivity contribution in [3.8, 4) is 0 Å². The molecular formula is C14H19N3O4S. The number of nitrogens with two attached hydrogens (primary N) is 1. The van der Waals surface area contributed by atoms with E-state index in [9.17, 15) is 18.5 Å². The summed E-state index contributed by atoms with van der Waals surface area (Å²) >= 11 is 0. The summed E-state index contributed by atoms with van der Waals surface area (Å²) in [5.41, 5.74) is 1.38. The molecule has 22 heavy (non-hydrogen) atoms. The van der Waals surface area contributed by atoms with Gasteiger partial charge in [-0.15, -0.1) is 0 Å². The Morgan fingerprint density at radius 3 is 2.68 bits per heavy atom. The number of primary sulfonamides is 1. The molecule has 1 aliphatic carbocycles. The third-order valence-electron chi connectivity index (χ3n) is 3.64. The topological polar surface area (TPSA) is 115 Å². The number of nitro benzene ring substituents is 1.